The summed E-state index contributed by atoms with van der Waals surface area (Å²) in [5.74, 6) is -1.59. The molecule has 2 aliphatic rings. The van der Waals surface area contributed by atoms with Crippen molar-refractivity contribution in [2.75, 3.05) is 38.9 Å². The molecular formula is C21H21NO8. The van der Waals surface area contributed by atoms with Crippen LogP contribution in [0.5, 0.6) is 11.5 Å². The number of benzene rings is 1. The van der Waals surface area contributed by atoms with Crippen molar-refractivity contribution in [2.45, 2.75) is 6.92 Å². The number of carbonyl (C=O) groups is 3. The van der Waals surface area contributed by atoms with Gasteiger partial charge in [0.1, 0.15) is 24.5 Å². The largest absolute Gasteiger partial charge is 0.485 e. The molecule has 9 heteroatoms. The molecule has 0 aliphatic carbocycles. The molecule has 0 radical (unpaired) electrons. The maximum absolute atomic E-state index is 12.6. The Bertz CT molecular complexity index is 960. The predicted molar refractivity (Wildman–Crippen MR) is 105 cm³/mol. The number of rotatable bonds is 5. The van der Waals surface area contributed by atoms with Gasteiger partial charge >= 0.3 is 17.9 Å². The summed E-state index contributed by atoms with van der Waals surface area (Å²) >= 11 is 0. The lowest BCUT2D eigenvalue weighted by atomic mass is 10.1. The molecule has 0 amide bonds. The summed E-state index contributed by atoms with van der Waals surface area (Å²) in [6, 6.07) is 3.09. The van der Waals surface area contributed by atoms with Crippen molar-refractivity contribution in [3.05, 3.63) is 53.4 Å². The molecule has 158 valence electrons. The van der Waals surface area contributed by atoms with Crippen molar-refractivity contribution in [3.8, 4) is 11.5 Å². The van der Waals surface area contributed by atoms with E-state index in [0.717, 1.165) is 0 Å². The first-order valence-electron chi connectivity index (χ1n) is 9.18. The van der Waals surface area contributed by atoms with Gasteiger partial charge in [-0.3, -0.25) is 0 Å². The molecule has 0 fully saturated rings. The van der Waals surface area contributed by atoms with E-state index in [2.05, 4.69) is 0 Å². The normalized spacial score (nSPS) is 14.8. The van der Waals surface area contributed by atoms with E-state index in [1.54, 1.807) is 31.3 Å². The van der Waals surface area contributed by atoms with Gasteiger partial charge in [0.2, 0.25) is 0 Å². The summed E-state index contributed by atoms with van der Waals surface area (Å²) in [5, 5.41) is 0. The molecule has 0 N–H and O–H groups in total. The summed E-state index contributed by atoms with van der Waals surface area (Å²) < 4.78 is 26.3. The van der Waals surface area contributed by atoms with Gasteiger partial charge in [-0.05, 0) is 31.2 Å². The maximum Gasteiger partial charge on any atom is 0.355 e. The Morgan fingerprint density at radius 2 is 1.67 bits per heavy atom. The van der Waals surface area contributed by atoms with Crippen molar-refractivity contribution < 1.29 is 38.1 Å². The van der Waals surface area contributed by atoms with Gasteiger partial charge in [0.05, 0.1) is 32.1 Å². The van der Waals surface area contributed by atoms with Gasteiger partial charge in [-0.1, -0.05) is 6.08 Å². The third-order valence-corrected chi connectivity index (χ3v) is 4.31. The maximum atomic E-state index is 12.6. The summed E-state index contributed by atoms with van der Waals surface area (Å²) in [6.45, 7) is 2.39. The Hall–Kier alpha value is -3.75. The number of fused-ring (bicyclic) bond motifs is 1. The van der Waals surface area contributed by atoms with Crippen molar-refractivity contribution in [1.29, 1.82) is 0 Å². The fraction of sp³-hybridized carbons (Fsp3) is 0.286. The topological polar surface area (TPSA) is 101 Å². The second-order valence-electron chi connectivity index (χ2n) is 6.02. The van der Waals surface area contributed by atoms with Crippen LogP contribution in [0.1, 0.15) is 17.3 Å². The molecule has 0 unspecified atom stereocenters. The van der Waals surface area contributed by atoms with Crippen molar-refractivity contribution in [1.82, 2.24) is 0 Å². The van der Waals surface area contributed by atoms with E-state index < -0.39 is 17.9 Å². The van der Waals surface area contributed by atoms with Crippen molar-refractivity contribution in [3.63, 3.8) is 0 Å². The molecule has 2 heterocycles. The van der Waals surface area contributed by atoms with Crippen LogP contribution < -0.4 is 14.4 Å². The van der Waals surface area contributed by atoms with E-state index in [4.69, 9.17) is 23.7 Å². The number of methoxy groups -OCH3 is 2. The van der Waals surface area contributed by atoms with Gasteiger partial charge in [0.15, 0.2) is 11.5 Å². The summed E-state index contributed by atoms with van der Waals surface area (Å²) in [5.41, 5.74) is 0.493. The lowest BCUT2D eigenvalue weighted by Gasteiger charge is -2.29. The zero-order chi connectivity index (χ0) is 21.7. The minimum absolute atomic E-state index is 0.00528. The standard InChI is InChI=1S/C21H21NO8/c1-4-28-20(24)14-8-9-15(18-17(14)29-11-12-30-18)22-10-6-5-7-13(19(23)26-2)16(22)21(25)27-3/h5-10H,4,11-12H2,1-3H3. The molecule has 2 aliphatic heterocycles. The average molecular weight is 415 g/mol. The molecule has 0 atom stereocenters. The van der Waals surface area contributed by atoms with Crippen LogP contribution in [-0.2, 0) is 23.8 Å². The minimum atomic E-state index is -0.758. The smallest absolute Gasteiger partial charge is 0.355 e. The molecule has 30 heavy (non-hydrogen) atoms. The summed E-state index contributed by atoms with van der Waals surface area (Å²) in [6.07, 6.45) is 6.24. The number of nitrogens with zero attached hydrogens (tertiary/aromatic N) is 1. The van der Waals surface area contributed by atoms with Crippen LogP contribution in [0.4, 0.5) is 5.69 Å². The Labute approximate surface area is 173 Å². The molecule has 3 rings (SSSR count). The molecule has 1 aromatic rings. The number of allylic oxidation sites excluding steroid dienone is 2. The predicted octanol–water partition coefficient (Wildman–Crippen LogP) is 2.12. The highest BCUT2D eigenvalue weighted by Crippen LogP contribution is 2.44. The number of ether oxygens (including phenoxy) is 5. The number of carbonyl (C=O) groups excluding carboxylic acids is 3. The monoisotopic (exact) mass is 415 g/mol. The fourth-order valence-corrected chi connectivity index (χ4v) is 3.03. The first kappa shape index (κ1) is 21.0. The second-order valence-corrected chi connectivity index (χ2v) is 6.02. The molecule has 0 spiro atoms. The lowest BCUT2D eigenvalue weighted by molar-refractivity contribution is -0.139. The summed E-state index contributed by atoms with van der Waals surface area (Å²) in [7, 11) is 2.42. The quantitative estimate of drug-likeness (QED) is 0.529. The zero-order valence-electron chi connectivity index (χ0n) is 16.8. The Morgan fingerprint density at radius 1 is 0.967 bits per heavy atom. The Morgan fingerprint density at radius 3 is 2.33 bits per heavy atom. The molecule has 0 aromatic heterocycles. The highest BCUT2D eigenvalue weighted by atomic mass is 16.6. The van der Waals surface area contributed by atoms with Gasteiger partial charge < -0.3 is 28.6 Å². The van der Waals surface area contributed by atoms with E-state index >= 15 is 0 Å². The van der Waals surface area contributed by atoms with Crippen molar-refractivity contribution >= 4 is 23.6 Å². The molecule has 1 aromatic carbocycles. The van der Waals surface area contributed by atoms with Gasteiger partial charge in [0.25, 0.3) is 0 Å². The van der Waals surface area contributed by atoms with Crippen LogP contribution in [0.3, 0.4) is 0 Å². The van der Waals surface area contributed by atoms with Crippen LogP contribution in [0, 0.1) is 0 Å². The third kappa shape index (κ3) is 3.86. The molecule has 9 nitrogen and oxygen atoms in total. The van der Waals surface area contributed by atoms with E-state index in [0.29, 0.717) is 5.69 Å². The minimum Gasteiger partial charge on any atom is -0.485 e. The second kappa shape index (κ2) is 9.17. The van der Waals surface area contributed by atoms with Gasteiger partial charge in [-0.15, -0.1) is 0 Å². The van der Waals surface area contributed by atoms with Gasteiger partial charge in [0, 0.05) is 6.20 Å². The van der Waals surface area contributed by atoms with Crippen LogP contribution in [0.2, 0.25) is 0 Å². The number of esters is 3. The van der Waals surface area contributed by atoms with Gasteiger partial charge in [-0.2, -0.15) is 0 Å². The highest BCUT2D eigenvalue weighted by Gasteiger charge is 2.32. The van der Waals surface area contributed by atoms with Gasteiger partial charge in [-0.25, -0.2) is 14.4 Å². The van der Waals surface area contributed by atoms with E-state index in [1.165, 1.54) is 31.3 Å². The Balaban J connectivity index is 2.21. The molecular weight excluding hydrogens is 394 g/mol. The average Bonchev–Trinajstić information content (AvgIpc) is 3.00. The zero-order valence-corrected chi connectivity index (χ0v) is 16.8. The molecule has 0 bridgehead atoms. The summed E-state index contributed by atoms with van der Waals surface area (Å²) in [4.78, 5) is 38.7. The van der Waals surface area contributed by atoms with E-state index in [9.17, 15) is 14.4 Å². The number of anilines is 1. The first-order chi connectivity index (χ1) is 14.5. The highest BCUT2D eigenvalue weighted by molar-refractivity contribution is 6.06. The fourth-order valence-electron chi connectivity index (χ4n) is 3.03. The van der Waals surface area contributed by atoms with Crippen LogP contribution in [-0.4, -0.2) is 51.9 Å². The molecule has 0 saturated heterocycles. The van der Waals surface area contributed by atoms with E-state index in [1.807, 2.05) is 0 Å². The van der Waals surface area contributed by atoms with E-state index in [-0.39, 0.29) is 48.2 Å². The Kier molecular flexibility index (Phi) is 6.41. The van der Waals surface area contributed by atoms with Crippen LogP contribution in [0.15, 0.2) is 47.8 Å². The van der Waals surface area contributed by atoms with Crippen LogP contribution >= 0.6 is 0 Å². The number of hydrogen-bond acceptors (Lipinski definition) is 9. The third-order valence-electron chi connectivity index (χ3n) is 4.31. The first-order valence-corrected chi connectivity index (χ1v) is 9.18. The SMILES string of the molecule is CCOC(=O)c1ccc(N2C=CC=CC(C(=O)OC)=C2C(=O)OC)c2c1OCCO2. The number of hydrogen-bond donors (Lipinski definition) is 0. The van der Waals surface area contributed by atoms with Crippen molar-refractivity contribution in [2.24, 2.45) is 0 Å². The van der Waals surface area contributed by atoms with Crippen LogP contribution in [0.25, 0.3) is 0 Å². The molecule has 0 saturated carbocycles. The lowest BCUT2D eigenvalue weighted by Crippen LogP contribution is -2.28.